The SMILES string of the molecule is Cc1cc(C2CCC3(C2)CN(C(=O)[C@H]2C[C@@](C)(O)C2)C3)ccc1Cl. The Kier molecular flexibility index (Phi) is 3.74. The molecule has 3 nitrogen and oxygen atoms in total. The maximum atomic E-state index is 12.5. The Morgan fingerprint density at radius 3 is 2.62 bits per heavy atom. The molecule has 4 rings (SSSR count). The van der Waals surface area contributed by atoms with Crippen molar-refractivity contribution < 1.29 is 9.90 Å². The maximum Gasteiger partial charge on any atom is 0.225 e. The van der Waals surface area contributed by atoms with Gasteiger partial charge in [0.1, 0.15) is 0 Å². The van der Waals surface area contributed by atoms with Crippen LogP contribution in [0.2, 0.25) is 5.02 Å². The van der Waals surface area contributed by atoms with Gasteiger partial charge in [0, 0.05) is 29.4 Å². The Morgan fingerprint density at radius 2 is 2.00 bits per heavy atom. The predicted octanol–water partition coefficient (Wildman–Crippen LogP) is 3.91. The normalized spacial score (nSPS) is 34.1. The summed E-state index contributed by atoms with van der Waals surface area (Å²) in [5.74, 6) is 0.911. The molecule has 1 aromatic carbocycles. The molecule has 4 heteroatoms. The molecule has 3 aliphatic rings. The summed E-state index contributed by atoms with van der Waals surface area (Å²) < 4.78 is 0. The highest BCUT2D eigenvalue weighted by atomic mass is 35.5. The van der Waals surface area contributed by atoms with Crippen LogP contribution in [0.5, 0.6) is 0 Å². The van der Waals surface area contributed by atoms with Crippen molar-refractivity contribution in [2.75, 3.05) is 13.1 Å². The fourth-order valence-electron chi connectivity index (χ4n) is 5.05. The van der Waals surface area contributed by atoms with Gasteiger partial charge in [-0.25, -0.2) is 0 Å². The van der Waals surface area contributed by atoms with Crippen molar-refractivity contribution in [3.63, 3.8) is 0 Å². The third-order valence-corrected chi connectivity index (χ3v) is 6.87. The molecule has 1 saturated heterocycles. The second-order valence-corrected chi connectivity index (χ2v) is 9.15. The number of aryl methyl sites for hydroxylation is 1. The quantitative estimate of drug-likeness (QED) is 0.881. The van der Waals surface area contributed by atoms with Gasteiger partial charge in [-0.15, -0.1) is 0 Å². The molecule has 2 saturated carbocycles. The van der Waals surface area contributed by atoms with E-state index in [0.717, 1.165) is 23.7 Å². The molecule has 2 aliphatic carbocycles. The Bertz CT molecular complexity index is 670. The first-order valence-electron chi connectivity index (χ1n) is 9.04. The Labute approximate surface area is 149 Å². The molecule has 0 bridgehead atoms. The Balaban J connectivity index is 1.35. The zero-order chi connectivity index (χ0) is 17.1. The second kappa shape index (κ2) is 5.47. The van der Waals surface area contributed by atoms with Crippen LogP contribution in [0, 0.1) is 18.3 Å². The van der Waals surface area contributed by atoms with Gasteiger partial charge in [-0.1, -0.05) is 23.7 Å². The molecule has 1 atom stereocenters. The molecular weight excluding hydrogens is 322 g/mol. The van der Waals surface area contributed by atoms with Crippen LogP contribution in [0.15, 0.2) is 18.2 Å². The fourth-order valence-corrected chi connectivity index (χ4v) is 5.17. The van der Waals surface area contributed by atoms with Crippen LogP contribution in [-0.4, -0.2) is 34.6 Å². The minimum atomic E-state index is -0.617. The third kappa shape index (κ3) is 2.76. The molecule has 0 radical (unpaired) electrons. The summed E-state index contributed by atoms with van der Waals surface area (Å²) in [6.45, 7) is 5.71. The number of hydrogen-bond acceptors (Lipinski definition) is 2. The van der Waals surface area contributed by atoms with Crippen molar-refractivity contribution >= 4 is 17.5 Å². The van der Waals surface area contributed by atoms with Gasteiger partial charge in [0.25, 0.3) is 0 Å². The van der Waals surface area contributed by atoms with Gasteiger partial charge in [-0.05, 0) is 69.1 Å². The van der Waals surface area contributed by atoms with Crippen LogP contribution in [0.25, 0.3) is 0 Å². The highest BCUT2D eigenvalue weighted by molar-refractivity contribution is 6.31. The van der Waals surface area contributed by atoms with Crippen molar-refractivity contribution in [1.29, 1.82) is 0 Å². The summed E-state index contributed by atoms with van der Waals surface area (Å²) in [7, 11) is 0. The maximum absolute atomic E-state index is 12.5. The minimum absolute atomic E-state index is 0.0495. The smallest absolute Gasteiger partial charge is 0.225 e. The summed E-state index contributed by atoms with van der Waals surface area (Å²) in [5.41, 5.74) is 2.26. The van der Waals surface area contributed by atoms with E-state index >= 15 is 0 Å². The predicted molar refractivity (Wildman–Crippen MR) is 95.1 cm³/mol. The van der Waals surface area contributed by atoms with E-state index in [0.29, 0.717) is 24.2 Å². The number of likely N-dealkylation sites (tertiary alicyclic amines) is 1. The van der Waals surface area contributed by atoms with Crippen LogP contribution < -0.4 is 0 Å². The number of hydrogen-bond donors (Lipinski definition) is 1. The summed E-state index contributed by atoms with van der Waals surface area (Å²) in [5, 5.41) is 10.7. The lowest BCUT2D eigenvalue weighted by Gasteiger charge is -2.52. The number of amides is 1. The summed E-state index contributed by atoms with van der Waals surface area (Å²) in [6, 6.07) is 6.40. The average molecular weight is 348 g/mol. The topological polar surface area (TPSA) is 40.5 Å². The minimum Gasteiger partial charge on any atom is -0.390 e. The van der Waals surface area contributed by atoms with E-state index in [2.05, 4.69) is 19.1 Å². The van der Waals surface area contributed by atoms with Gasteiger partial charge in [0.05, 0.1) is 5.60 Å². The van der Waals surface area contributed by atoms with Crippen LogP contribution in [0.4, 0.5) is 0 Å². The van der Waals surface area contributed by atoms with Crippen molar-refractivity contribution in [1.82, 2.24) is 4.90 Å². The standard InChI is InChI=1S/C20H26ClNO2/c1-13-7-14(3-4-17(13)21)15-5-6-20(10-15)11-22(12-20)18(23)16-8-19(2,24)9-16/h3-4,7,15-16,24H,5-6,8-12H2,1-2H3/t15?,16-,19+. The Morgan fingerprint density at radius 1 is 1.29 bits per heavy atom. The van der Waals surface area contributed by atoms with E-state index in [1.54, 1.807) is 0 Å². The molecule has 1 aromatic rings. The average Bonchev–Trinajstić information content (AvgIpc) is 2.91. The largest absolute Gasteiger partial charge is 0.390 e. The zero-order valence-electron chi connectivity index (χ0n) is 14.5. The molecule has 1 aliphatic heterocycles. The fraction of sp³-hybridized carbons (Fsp3) is 0.650. The van der Waals surface area contributed by atoms with Gasteiger partial charge in [-0.3, -0.25) is 4.79 Å². The third-order valence-electron chi connectivity index (χ3n) is 6.44. The number of nitrogens with zero attached hydrogens (tertiary/aromatic N) is 1. The molecule has 1 unspecified atom stereocenters. The zero-order valence-corrected chi connectivity index (χ0v) is 15.3. The number of aliphatic hydroxyl groups is 1. The lowest BCUT2D eigenvalue weighted by atomic mass is 9.69. The lowest BCUT2D eigenvalue weighted by Crippen LogP contribution is -2.61. The highest BCUT2D eigenvalue weighted by Crippen LogP contribution is 2.53. The van der Waals surface area contributed by atoms with Crippen molar-refractivity contribution in [2.24, 2.45) is 11.3 Å². The molecule has 130 valence electrons. The number of rotatable bonds is 2. The molecule has 1 N–H and O–H groups in total. The van der Waals surface area contributed by atoms with Crippen LogP contribution in [0.3, 0.4) is 0 Å². The van der Waals surface area contributed by atoms with Crippen LogP contribution >= 0.6 is 11.6 Å². The lowest BCUT2D eigenvalue weighted by molar-refractivity contribution is -0.161. The molecular formula is C20H26ClNO2. The molecule has 3 fully saturated rings. The first-order chi connectivity index (χ1) is 11.3. The first-order valence-corrected chi connectivity index (χ1v) is 9.42. The summed E-state index contributed by atoms with van der Waals surface area (Å²) in [6.07, 6.45) is 4.86. The van der Waals surface area contributed by atoms with Crippen molar-refractivity contribution in [2.45, 2.75) is 57.5 Å². The first kappa shape index (κ1) is 16.4. The van der Waals surface area contributed by atoms with Crippen molar-refractivity contribution in [3.8, 4) is 0 Å². The molecule has 24 heavy (non-hydrogen) atoms. The van der Waals surface area contributed by atoms with E-state index in [4.69, 9.17) is 11.6 Å². The van der Waals surface area contributed by atoms with Crippen molar-refractivity contribution in [3.05, 3.63) is 34.3 Å². The van der Waals surface area contributed by atoms with Gasteiger partial charge in [0.15, 0.2) is 0 Å². The monoisotopic (exact) mass is 347 g/mol. The van der Waals surface area contributed by atoms with E-state index in [-0.39, 0.29) is 11.8 Å². The van der Waals surface area contributed by atoms with Crippen LogP contribution in [-0.2, 0) is 4.79 Å². The number of benzene rings is 1. The second-order valence-electron chi connectivity index (χ2n) is 8.74. The van der Waals surface area contributed by atoms with Crippen LogP contribution in [0.1, 0.15) is 56.1 Å². The number of carbonyl (C=O) groups excluding carboxylic acids is 1. The number of carbonyl (C=O) groups is 1. The van der Waals surface area contributed by atoms with Gasteiger partial charge in [0.2, 0.25) is 5.91 Å². The van der Waals surface area contributed by atoms with E-state index in [1.807, 2.05) is 17.9 Å². The molecule has 1 spiro atoms. The Hall–Kier alpha value is -1.06. The van der Waals surface area contributed by atoms with Gasteiger partial charge < -0.3 is 10.0 Å². The van der Waals surface area contributed by atoms with E-state index in [1.165, 1.54) is 24.8 Å². The molecule has 1 amide bonds. The number of halogens is 1. The summed E-state index contributed by atoms with van der Waals surface area (Å²) >= 11 is 6.14. The van der Waals surface area contributed by atoms with E-state index < -0.39 is 5.60 Å². The molecule has 1 heterocycles. The van der Waals surface area contributed by atoms with Gasteiger partial charge >= 0.3 is 0 Å². The highest BCUT2D eigenvalue weighted by Gasteiger charge is 2.53. The van der Waals surface area contributed by atoms with E-state index in [9.17, 15) is 9.90 Å². The summed E-state index contributed by atoms with van der Waals surface area (Å²) in [4.78, 5) is 14.5. The molecule has 0 aromatic heterocycles. The van der Waals surface area contributed by atoms with Gasteiger partial charge in [-0.2, -0.15) is 0 Å².